The van der Waals surface area contributed by atoms with Crippen molar-refractivity contribution in [2.24, 2.45) is 0 Å². The van der Waals surface area contributed by atoms with Crippen LogP contribution in [-0.2, 0) is 16.6 Å². The Hall–Kier alpha value is -2.76. The van der Waals surface area contributed by atoms with Gasteiger partial charge in [-0.15, -0.1) is 10.2 Å². The highest BCUT2D eigenvalue weighted by atomic mass is 19.1. The van der Waals surface area contributed by atoms with Crippen LogP contribution in [0.15, 0.2) is 48.7 Å². The van der Waals surface area contributed by atoms with Gasteiger partial charge in [-0.1, -0.05) is 37.5 Å². The van der Waals surface area contributed by atoms with E-state index in [2.05, 4.69) is 15.5 Å². The van der Waals surface area contributed by atoms with Crippen LogP contribution in [0, 0.1) is 5.82 Å². The lowest BCUT2D eigenvalue weighted by atomic mass is 9.68. The van der Waals surface area contributed by atoms with E-state index in [1.165, 1.54) is 12.1 Å². The molecule has 0 bridgehead atoms. The van der Waals surface area contributed by atoms with E-state index in [9.17, 15) is 9.18 Å². The third-order valence-electron chi connectivity index (χ3n) is 5.54. The molecule has 1 amide bonds. The summed E-state index contributed by atoms with van der Waals surface area (Å²) in [6, 6.07) is 12.2. The number of amides is 1. The van der Waals surface area contributed by atoms with E-state index < -0.39 is 5.41 Å². The molecule has 27 heavy (non-hydrogen) atoms. The summed E-state index contributed by atoms with van der Waals surface area (Å²) in [5, 5.41) is 11.4. The SMILES string of the molecule is O=C(NCCc1nnc2ccccn12)C1(c2cccc(F)c2)CCCCC1. The van der Waals surface area contributed by atoms with Gasteiger partial charge in [0.05, 0.1) is 5.41 Å². The fraction of sp³-hybridized carbons (Fsp3) is 0.381. The zero-order valence-corrected chi connectivity index (χ0v) is 15.2. The Bertz CT molecular complexity index is 946. The molecule has 3 aromatic rings. The number of carbonyl (C=O) groups excluding carboxylic acids is 1. The molecule has 0 aliphatic heterocycles. The van der Waals surface area contributed by atoms with Crippen molar-refractivity contribution in [2.45, 2.75) is 43.9 Å². The summed E-state index contributed by atoms with van der Waals surface area (Å²) >= 11 is 0. The Morgan fingerprint density at radius 2 is 1.96 bits per heavy atom. The summed E-state index contributed by atoms with van der Waals surface area (Å²) in [7, 11) is 0. The molecule has 1 aromatic carbocycles. The first-order chi connectivity index (χ1) is 13.2. The number of benzene rings is 1. The first-order valence-electron chi connectivity index (χ1n) is 9.52. The van der Waals surface area contributed by atoms with Crippen LogP contribution in [0.2, 0.25) is 0 Å². The molecule has 0 atom stereocenters. The van der Waals surface area contributed by atoms with E-state index in [0.29, 0.717) is 13.0 Å². The van der Waals surface area contributed by atoms with Gasteiger partial charge in [-0.2, -0.15) is 0 Å². The number of hydrogen-bond acceptors (Lipinski definition) is 3. The van der Waals surface area contributed by atoms with E-state index in [1.807, 2.05) is 34.9 Å². The van der Waals surface area contributed by atoms with E-state index in [-0.39, 0.29) is 11.7 Å². The molecule has 0 spiro atoms. The number of carbonyl (C=O) groups is 1. The van der Waals surface area contributed by atoms with Gasteiger partial charge in [-0.3, -0.25) is 9.20 Å². The summed E-state index contributed by atoms with van der Waals surface area (Å²) in [5.41, 5.74) is 0.947. The van der Waals surface area contributed by atoms with Gasteiger partial charge in [-0.25, -0.2) is 4.39 Å². The largest absolute Gasteiger partial charge is 0.355 e. The van der Waals surface area contributed by atoms with Gasteiger partial charge in [0, 0.05) is 19.2 Å². The standard InChI is InChI=1S/C21H23FN4O/c22-17-8-6-7-16(15-17)21(11-3-1-4-12-21)20(27)23-13-10-19-25-24-18-9-2-5-14-26(18)19/h2,5-9,14-15H,1,3-4,10-13H2,(H,23,27). The second kappa shape index (κ2) is 7.47. The smallest absolute Gasteiger partial charge is 0.230 e. The molecule has 1 saturated carbocycles. The molecule has 5 nitrogen and oxygen atoms in total. The van der Waals surface area contributed by atoms with Crippen molar-refractivity contribution in [3.05, 3.63) is 65.9 Å². The van der Waals surface area contributed by atoms with E-state index in [4.69, 9.17) is 0 Å². The molecule has 1 N–H and O–H groups in total. The van der Waals surface area contributed by atoms with Gasteiger partial charge in [0.25, 0.3) is 0 Å². The number of nitrogens with one attached hydrogen (secondary N) is 1. The fourth-order valence-electron chi connectivity index (χ4n) is 4.11. The molecule has 1 aliphatic rings. The summed E-state index contributed by atoms with van der Waals surface area (Å²) in [5.74, 6) is 0.510. The Kier molecular flexibility index (Phi) is 4.88. The fourth-order valence-corrected chi connectivity index (χ4v) is 4.11. The van der Waals surface area contributed by atoms with Gasteiger partial charge in [0.15, 0.2) is 5.65 Å². The zero-order chi connectivity index (χ0) is 18.7. The summed E-state index contributed by atoms with van der Waals surface area (Å²) in [4.78, 5) is 13.1. The quantitative estimate of drug-likeness (QED) is 0.753. The van der Waals surface area contributed by atoms with Crippen LogP contribution in [0.3, 0.4) is 0 Å². The van der Waals surface area contributed by atoms with Gasteiger partial charge < -0.3 is 5.32 Å². The minimum atomic E-state index is -0.632. The van der Waals surface area contributed by atoms with Crippen LogP contribution in [0.1, 0.15) is 43.5 Å². The zero-order valence-electron chi connectivity index (χ0n) is 15.2. The van der Waals surface area contributed by atoms with E-state index in [0.717, 1.165) is 49.1 Å². The lowest BCUT2D eigenvalue weighted by Crippen LogP contribution is -2.46. The first kappa shape index (κ1) is 17.6. The second-order valence-corrected chi connectivity index (χ2v) is 7.20. The average molecular weight is 366 g/mol. The van der Waals surface area contributed by atoms with Crippen molar-refractivity contribution in [3.8, 4) is 0 Å². The van der Waals surface area contributed by atoms with Gasteiger partial charge in [-0.05, 0) is 42.7 Å². The van der Waals surface area contributed by atoms with Crippen LogP contribution in [0.4, 0.5) is 4.39 Å². The van der Waals surface area contributed by atoms with Crippen molar-refractivity contribution in [2.75, 3.05) is 6.54 Å². The number of halogens is 1. The highest BCUT2D eigenvalue weighted by Gasteiger charge is 2.41. The third kappa shape index (κ3) is 3.44. The van der Waals surface area contributed by atoms with Crippen molar-refractivity contribution in [3.63, 3.8) is 0 Å². The maximum Gasteiger partial charge on any atom is 0.230 e. The molecule has 0 radical (unpaired) electrons. The van der Waals surface area contributed by atoms with Gasteiger partial charge in [0.1, 0.15) is 11.6 Å². The molecular weight excluding hydrogens is 343 g/mol. The number of pyridine rings is 1. The van der Waals surface area contributed by atoms with Crippen molar-refractivity contribution < 1.29 is 9.18 Å². The maximum absolute atomic E-state index is 13.8. The first-order valence-corrected chi connectivity index (χ1v) is 9.52. The summed E-state index contributed by atoms with van der Waals surface area (Å²) in [6.07, 6.45) is 7.12. The molecule has 0 unspecified atom stereocenters. The van der Waals surface area contributed by atoms with Crippen molar-refractivity contribution in [1.82, 2.24) is 19.9 Å². The molecule has 0 saturated heterocycles. The van der Waals surface area contributed by atoms with Crippen molar-refractivity contribution in [1.29, 1.82) is 0 Å². The lowest BCUT2D eigenvalue weighted by Gasteiger charge is -2.36. The Morgan fingerprint density at radius 3 is 2.78 bits per heavy atom. The van der Waals surface area contributed by atoms with Gasteiger partial charge in [0.2, 0.25) is 5.91 Å². The highest BCUT2D eigenvalue weighted by Crippen LogP contribution is 2.40. The monoisotopic (exact) mass is 366 g/mol. The maximum atomic E-state index is 13.8. The Labute approximate surface area is 157 Å². The van der Waals surface area contributed by atoms with E-state index >= 15 is 0 Å². The molecular formula is C21H23FN4O. The topological polar surface area (TPSA) is 59.3 Å². The summed E-state index contributed by atoms with van der Waals surface area (Å²) < 4.78 is 15.7. The molecule has 140 valence electrons. The van der Waals surface area contributed by atoms with Crippen LogP contribution in [0.5, 0.6) is 0 Å². The molecule has 1 aliphatic carbocycles. The minimum absolute atomic E-state index is 0.0124. The van der Waals surface area contributed by atoms with Crippen LogP contribution < -0.4 is 5.32 Å². The van der Waals surface area contributed by atoms with Gasteiger partial charge >= 0.3 is 0 Å². The highest BCUT2D eigenvalue weighted by molar-refractivity contribution is 5.88. The predicted molar refractivity (Wildman–Crippen MR) is 101 cm³/mol. The second-order valence-electron chi connectivity index (χ2n) is 7.20. The number of hydrogen-bond donors (Lipinski definition) is 1. The van der Waals surface area contributed by atoms with Crippen LogP contribution in [-0.4, -0.2) is 27.0 Å². The van der Waals surface area contributed by atoms with Crippen LogP contribution >= 0.6 is 0 Å². The lowest BCUT2D eigenvalue weighted by molar-refractivity contribution is -0.128. The minimum Gasteiger partial charge on any atom is -0.355 e. The number of nitrogens with zero attached hydrogens (tertiary/aromatic N) is 3. The molecule has 1 fully saturated rings. The number of aromatic nitrogens is 3. The normalized spacial score (nSPS) is 16.3. The van der Waals surface area contributed by atoms with Crippen LogP contribution in [0.25, 0.3) is 5.65 Å². The van der Waals surface area contributed by atoms with E-state index in [1.54, 1.807) is 6.07 Å². The summed E-state index contributed by atoms with van der Waals surface area (Å²) in [6.45, 7) is 0.478. The molecule has 2 heterocycles. The number of rotatable bonds is 5. The Morgan fingerprint density at radius 1 is 1.11 bits per heavy atom. The third-order valence-corrected chi connectivity index (χ3v) is 5.54. The molecule has 2 aromatic heterocycles. The van der Waals surface area contributed by atoms with Crippen molar-refractivity contribution >= 4 is 11.6 Å². The molecule has 6 heteroatoms. The predicted octanol–water partition coefficient (Wildman–Crippen LogP) is 3.43. The Balaban J connectivity index is 1.49. The molecule has 4 rings (SSSR count). The number of fused-ring (bicyclic) bond motifs is 1. The average Bonchev–Trinajstić information content (AvgIpc) is 3.12.